The lowest BCUT2D eigenvalue weighted by molar-refractivity contribution is -0.159. The number of unbranched alkanes of at least 4 members (excludes halogenated alkanes) is 1. The van der Waals surface area contributed by atoms with Crippen LogP contribution in [-0.2, 0) is 90.5 Å². The molecule has 2 aromatic carbocycles. The van der Waals surface area contributed by atoms with Gasteiger partial charge in [0.25, 0.3) is 5.56 Å². The largest absolute Gasteiger partial charge is 0.509 e. The number of pyridine rings is 2. The number of para-hydroxylation sites is 1. The van der Waals surface area contributed by atoms with Crippen LogP contribution in [0.5, 0.6) is 0 Å². The molecular weight excluding hydrogens is 1200 g/mol. The Balaban J connectivity index is 0.847. The lowest BCUT2D eigenvalue weighted by Gasteiger charge is -2.25. The number of hydrogen-bond donors (Lipinski definition) is 8. The Morgan fingerprint density at radius 3 is 2.29 bits per heavy atom. The maximum atomic E-state index is 14.1. The van der Waals surface area contributed by atoms with Gasteiger partial charge in [0.05, 0.1) is 59.6 Å². The third kappa shape index (κ3) is 19.8. The molecule has 3 aromatic heterocycles. The van der Waals surface area contributed by atoms with Crippen LogP contribution in [0.2, 0.25) is 0 Å². The lowest BCUT2D eigenvalue weighted by atomic mass is 9.97. The van der Waals surface area contributed by atoms with E-state index < -0.39 is 84.7 Å². The van der Waals surface area contributed by atoms with Crippen LogP contribution in [-0.4, -0.2) is 153 Å². The van der Waals surface area contributed by atoms with Gasteiger partial charge in [-0.25, -0.2) is 37.8 Å². The number of nitrogens with zero attached hydrogens (tertiary/aromatic N) is 5. The second kappa shape index (κ2) is 34.2. The fraction of sp³-hybridized carbons (Fsp3) is 0.443. The van der Waals surface area contributed by atoms with Gasteiger partial charge in [0, 0.05) is 79.7 Å². The number of benzene rings is 2. The normalized spacial score (nSPS) is 13.6. The van der Waals surface area contributed by atoms with E-state index in [0.29, 0.717) is 65.4 Å². The summed E-state index contributed by atoms with van der Waals surface area (Å²) in [7, 11) is 0. The summed E-state index contributed by atoms with van der Waals surface area (Å²) in [6.07, 6.45) is 4.53. The van der Waals surface area contributed by atoms with E-state index in [1.807, 2.05) is 44.4 Å². The quantitative estimate of drug-likeness (QED) is 0.00751. The molecule has 0 bridgehead atoms. The lowest BCUT2D eigenvalue weighted by Crippen LogP contribution is -2.55. The maximum absolute atomic E-state index is 14.1. The highest BCUT2D eigenvalue weighted by Gasteiger charge is 2.39. The molecule has 5 aromatic rings. The monoisotopic (exact) mass is 1280 g/mol. The summed E-state index contributed by atoms with van der Waals surface area (Å²) in [6, 6.07) is 12.3. The van der Waals surface area contributed by atoms with Gasteiger partial charge >= 0.3 is 18.2 Å². The van der Waals surface area contributed by atoms with Gasteiger partial charge < -0.3 is 65.9 Å². The summed E-state index contributed by atoms with van der Waals surface area (Å²) in [5, 5.41) is 17.4. The van der Waals surface area contributed by atoms with E-state index in [4.69, 9.17) is 34.4 Å². The molecule has 0 unspecified atom stereocenters. The minimum Gasteiger partial charge on any atom is -0.458 e. The van der Waals surface area contributed by atoms with Crippen LogP contribution in [0.1, 0.15) is 99.3 Å². The molecule has 7 amide bonds. The molecule has 29 heteroatoms. The number of aromatic nitrogens is 4. The maximum Gasteiger partial charge on any atom is 0.509 e. The van der Waals surface area contributed by atoms with E-state index >= 15 is 0 Å². The van der Waals surface area contributed by atoms with Crippen molar-refractivity contribution in [1.29, 1.82) is 0 Å². The van der Waals surface area contributed by atoms with Gasteiger partial charge in [-0.3, -0.25) is 28.8 Å². The first-order chi connectivity index (χ1) is 43.3. The number of urea groups is 1. The summed E-state index contributed by atoms with van der Waals surface area (Å²) in [4.78, 5) is 130. The Hall–Kier alpha value is -8.82. The van der Waals surface area contributed by atoms with E-state index in [-0.39, 0.29) is 106 Å². The SMILES string of the molecule is CSc1ncc(C#CCCCC(=O)NCCOCCNC(=O)COCC(=O)N[C@H](C(=O)N[C@@H](CCCNC(N)=O)C(=O)Nc2ccc(COC(=O)O[C@@H]3C(=O)OCc4c3cc3n(c4=O)Cc4c-3nc3ccccc3c4CCN([SH]=O)C(C)C)cc2)C(C)C)cn1. The van der Waals surface area contributed by atoms with Crippen molar-refractivity contribution in [2.24, 2.45) is 11.7 Å². The summed E-state index contributed by atoms with van der Waals surface area (Å²) in [5.41, 5.74) is 9.92. The number of rotatable bonds is 32. The van der Waals surface area contributed by atoms with Gasteiger partial charge in [-0.1, -0.05) is 67.8 Å². The van der Waals surface area contributed by atoms with E-state index in [0.717, 1.165) is 16.5 Å². The second-order valence-electron chi connectivity index (χ2n) is 21.4. The number of ether oxygens (including phenoxy) is 5. The molecule has 0 saturated heterocycles. The number of thiol groups is 1. The Morgan fingerprint density at radius 1 is 0.867 bits per heavy atom. The molecule has 0 fully saturated rings. The van der Waals surface area contributed by atoms with Crippen molar-refractivity contribution in [1.82, 2.24) is 50.4 Å². The van der Waals surface area contributed by atoms with Gasteiger partial charge in [-0.05, 0) is 87.1 Å². The fourth-order valence-corrected chi connectivity index (χ4v) is 10.3. The molecule has 0 saturated carbocycles. The molecule has 2 aliphatic heterocycles. The Bertz CT molecular complexity index is 3540. The third-order valence-corrected chi connectivity index (χ3v) is 15.7. The van der Waals surface area contributed by atoms with Crippen LogP contribution in [0.4, 0.5) is 15.3 Å². The molecular formula is C61H74N12O15S2. The number of fused-ring (bicyclic) bond motifs is 5. The summed E-state index contributed by atoms with van der Waals surface area (Å²) >= 11 is 1.33. The highest BCUT2D eigenvalue weighted by molar-refractivity contribution is 7.98. The molecule has 90 heavy (non-hydrogen) atoms. The summed E-state index contributed by atoms with van der Waals surface area (Å²) in [6.45, 7) is 7.11. The van der Waals surface area contributed by atoms with Gasteiger partial charge in [-0.15, -0.1) is 0 Å². The zero-order chi connectivity index (χ0) is 64.7. The average Bonchev–Trinajstić information content (AvgIpc) is 1.55. The van der Waals surface area contributed by atoms with Gasteiger partial charge in [0.1, 0.15) is 38.5 Å². The summed E-state index contributed by atoms with van der Waals surface area (Å²) in [5.74, 6) is 1.91. The predicted octanol–water partition coefficient (Wildman–Crippen LogP) is 3.00. The number of esters is 1. The molecule has 3 atom stereocenters. The van der Waals surface area contributed by atoms with Crippen molar-refractivity contribution in [3.63, 3.8) is 0 Å². The Kier molecular flexibility index (Phi) is 26.1. The average molecular weight is 1280 g/mol. The predicted molar refractivity (Wildman–Crippen MR) is 332 cm³/mol. The summed E-state index contributed by atoms with van der Waals surface area (Å²) < 4.78 is 42.4. The first-order valence-electron chi connectivity index (χ1n) is 29.2. The third-order valence-electron chi connectivity index (χ3n) is 14.3. The van der Waals surface area contributed by atoms with Crippen LogP contribution in [0.15, 0.2) is 76.9 Å². The van der Waals surface area contributed by atoms with E-state index in [9.17, 15) is 47.4 Å². The minimum absolute atomic E-state index is 0.0161. The van der Waals surface area contributed by atoms with Crippen molar-refractivity contribution in [2.75, 3.05) is 64.2 Å². The molecule has 0 aliphatic carbocycles. The van der Waals surface area contributed by atoms with Crippen molar-refractivity contribution < 1.29 is 66.2 Å². The van der Waals surface area contributed by atoms with Crippen LogP contribution in [0.3, 0.4) is 0 Å². The van der Waals surface area contributed by atoms with Gasteiger partial charge in [0.2, 0.25) is 35.6 Å². The molecule has 0 radical (unpaired) electrons. The molecule has 2 aliphatic rings. The molecule has 8 N–H and O–H groups in total. The molecule has 7 rings (SSSR count). The highest BCUT2D eigenvalue weighted by atomic mass is 32.2. The first kappa shape index (κ1) is 68.7. The minimum atomic E-state index is -1.64. The second-order valence-corrected chi connectivity index (χ2v) is 22.9. The smallest absolute Gasteiger partial charge is 0.458 e. The van der Waals surface area contributed by atoms with Crippen LogP contribution in [0.25, 0.3) is 22.3 Å². The van der Waals surface area contributed by atoms with E-state index in [1.165, 1.54) is 23.9 Å². The molecule has 0 spiro atoms. The molecule has 480 valence electrons. The first-order valence-corrected chi connectivity index (χ1v) is 31.2. The fourth-order valence-electron chi connectivity index (χ4n) is 9.64. The van der Waals surface area contributed by atoms with Gasteiger partial charge in [0.15, 0.2) is 5.16 Å². The number of primary amides is 1. The zero-order valence-electron chi connectivity index (χ0n) is 50.6. The van der Waals surface area contributed by atoms with Crippen molar-refractivity contribution >= 4 is 87.9 Å². The number of carbonyl (C=O) groups is 8. The van der Waals surface area contributed by atoms with Crippen LogP contribution >= 0.6 is 11.8 Å². The number of amides is 7. The zero-order valence-corrected chi connectivity index (χ0v) is 52.3. The molecule has 27 nitrogen and oxygen atoms in total. The Morgan fingerprint density at radius 2 is 1.59 bits per heavy atom. The number of anilines is 1. The van der Waals surface area contributed by atoms with Crippen LogP contribution in [0, 0.1) is 17.8 Å². The van der Waals surface area contributed by atoms with Crippen LogP contribution < -0.4 is 43.2 Å². The van der Waals surface area contributed by atoms with Crippen molar-refractivity contribution in [2.45, 2.75) is 115 Å². The van der Waals surface area contributed by atoms with E-state index in [1.54, 1.807) is 53.3 Å². The number of nitrogens with one attached hydrogen (secondary N) is 6. The standard InChI is InChI=1S/C61H74N12O15S2/c1-36(2)52(71-51(76)35-85-34-50(75)64-24-27-84-26-23-63-49(74)16-8-6-7-12-39-29-66-60(89-5)67-30-39)56(78)70-47(15-11-22-65-59(62)81)55(77)68-40-19-17-38(18-20-40)32-87-61(82)88-54-43-28-48-53-44(31-72(48)57(79)45(43)33-86-58(54)80)41(21-25-73(90-83)37(3)4)42-13-9-10-14-46(42)69-53/h9-10,13-14,17-20,28-30,36-37,47,52,54,90H,6,8,11,15-16,21-27,31-35H2,1-5H3,(H,63,74)(H,64,75)(H,68,77)(H,70,78)(H,71,76)(H3,62,65,81)/t47-,52-,54-/m0/s1. The van der Waals surface area contributed by atoms with Crippen molar-refractivity contribution in [3.05, 3.63) is 111 Å². The number of carbonyl (C=O) groups excluding carboxylic acids is 8. The molecule has 5 heterocycles. The topological polar surface area (TPSA) is 362 Å². The number of cyclic esters (lactones) is 1. The highest BCUT2D eigenvalue weighted by Crippen LogP contribution is 2.39. The van der Waals surface area contributed by atoms with Gasteiger partial charge in [-0.2, -0.15) is 0 Å². The van der Waals surface area contributed by atoms with E-state index in [2.05, 4.69) is 53.7 Å². The van der Waals surface area contributed by atoms with Crippen molar-refractivity contribution in [3.8, 4) is 23.2 Å². The Labute approximate surface area is 527 Å². The number of thioether (sulfide) groups is 1. The number of hydrogen-bond acceptors (Lipinski definition) is 19. The number of nitrogens with two attached hydrogens (primary N) is 1.